The largest absolute Gasteiger partial charge is 0.463 e. The Balaban J connectivity index is 2.79. The predicted molar refractivity (Wildman–Crippen MR) is 73.6 cm³/mol. The third-order valence-corrected chi connectivity index (χ3v) is 2.60. The molecule has 104 valence electrons. The van der Waals surface area contributed by atoms with E-state index in [-0.39, 0.29) is 30.4 Å². The van der Waals surface area contributed by atoms with E-state index in [4.69, 9.17) is 4.74 Å². The fourth-order valence-electron chi connectivity index (χ4n) is 1.77. The zero-order valence-electron chi connectivity index (χ0n) is 11.9. The molecule has 0 aliphatic heterocycles. The molecule has 0 saturated heterocycles. The number of amides is 1. The van der Waals surface area contributed by atoms with E-state index in [1.165, 1.54) is 6.92 Å². The number of esters is 1. The monoisotopic (exact) mass is 263 g/mol. The van der Waals surface area contributed by atoms with Crippen LogP contribution in [0.3, 0.4) is 0 Å². The van der Waals surface area contributed by atoms with Gasteiger partial charge in [0.25, 0.3) is 0 Å². The summed E-state index contributed by atoms with van der Waals surface area (Å²) in [4.78, 5) is 22.9. The molecule has 0 bridgehead atoms. The SMILES string of the molecule is CC(=O)NC(CC(=O)OC(C)C)c1ccc(C)cc1. The highest BCUT2D eigenvalue weighted by Crippen LogP contribution is 2.18. The van der Waals surface area contributed by atoms with Crippen LogP contribution < -0.4 is 5.32 Å². The molecular weight excluding hydrogens is 242 g/mol. The summed E-state index contributed by atoms with van der Waals surface area (Å²) < 4.78 is 5.12. The molecule has 1 N–H and O–H groups in total. The van der Waals surface area contributed by atoms with E-state index >= 15 is 0 Å². The van der Waals surface area contributed by atoms with Crippen LogP contribution >= 0.6 is 0 Å². The van der Waals surface area contributed by atoms with Gasteiger partial charge in [-0.2, -0.15) is 0 Å². The molecule has 1 unspecified atom stereocenters. The van der Waals surface area contributed by atoms with Gasteiger partial charge in [-0.3, -0.25) is 9.59 Å². The summed E-state index contributed by atoms with van der Waals surface area (Å²) in [5, 5.41) is 2.78. The van der Waals surface area contributed by atoms with E-state index in [0.717, 1.165) is 11.1 Å². The van der Waals surface area contributed by atoms with Gasteiger partial charge in [0.05, 0.1) is 18.6 Å². The number of rotatable bonds is 5. The van der Waals surface area contributed by atoms with Crippen LogP contribution in [-0.4, -0.2) is 18.0 Å². The lowest BCUT2D eigenvalue weighted by Gasteiger charge is -2.18. The van der Waals surface area contributed by atoms with Crippen molar-refractivity contribution in [2.45, 2.75) is 46.3 Å². The summed E-state index contributed by atoms with van der Waals surface area (Å²) in [7, 11) is 0. The van der Waals surface area contributed by atoms with Crippen molar-refractivity contribution in [3.8, 4) is 0 Å². The molecule has 0 aromatic heterocycles. The van der Waals surface area contributed by atoms with Crippen LogP contribution in [-0.2, 0) is 14.3 Å². The molecule has 4 nitrogen and oxygen atoms in total. The van der Waals surface area contributed by atoms with Crippen molar-refractivity contribution in [1.82, 2.24) is 5.32 Å². The van der Waals surface area contributed by atoms with Gasteiger partial charge < -0.3 is 10.1 Å². The first kappa shape index (κ1) is 15.2. The van der Waals surface area contributed by atoms with Crippen molar-refractivity contribution in [1.29, 1.82) is 0 Å². The number of hydrogen-bond acceptors (Lipinski definition) is 3. The molecule has 0 aliphatic rings. The van der Waals surface area contributed by atoms with Crippen molar-refractivity contribution < 1.29 is 14.3 Å². The van der Waals surface area contributed by atoms with Gasteiger partial charge in [-0.05, 0) is 26.3 Å². The number of aryl methyl sites for hydroxylation is 1. The first-order valence-electron chi connectivity index (χ1n) is 6.41. The van der Waals surface area contributed by atoms with Crippen molar-refractivity contribution in [2.24, 2.45) is 0 Å². The van der Waals surface area contributed by atoms with Crippen LogP contribution in [0.2, 0.25) is 0 Å². The van der Waals surface area contributed by atoms with Gasteiger partial charge in [0.15, 0.2) is 0 Å². The number of nitrogens with one attached hydrogen (secondary N) is 1. The second-order valence-electron chi connectivity index (χ2n) is 4.91. The summed E-state index contributed by atoms with van der Waals surface area (Å²) in [6.07, 6.45) is -0.00984. The smallest absolute Gasteiger partial charge is 0.308 e. The molecule has 1 atom stereocenters. The second kappa shape index (κ2) is 6.92. The quantitative estimate of drug-likeness (QED) is 0.830. The Morgan fingerprint density at radius 2 is 1.79 bits per heavy atom. The fourth-order valence-corrected chi connectivity index (χ4v) is 1.77. The molecule has 1 amide bonds. The Morgan fingerprint density at radius 1 is 1.21 bits per heavy atom. The summed E-state index contributed by atoms with van der Waals surface area (Å²) in [6.45, 7) is 7.04. The van der Waals surface area contributed by atoms with Gasteiger partial charge in [0.2, 0.25) is 5.91 Å². The summed E-state index contributed by atoms with van der Waals surface area (Å²) in [6, 6.07) is 7.40. The minimum Gasteiger partial charge on any atom is -0.463 e. The Kier molecular flexibility index (Phi) is 5.55. The van der Waals surface area contributed by atoms with Gasteiger partial charge in [-0.15, -0.1) is 0 Å². The average molecular weight is 263 g/mol. The maximum atomic E-state index is 11.7. The van der Waals surface area contributed by atoms with Crippen LogP contribution in [0.1, 0.15) is 44.4 Å². The molecule has 4 heteroatoms. The molecule has 0 spiro atoms. The molecule has 1 rings (SSSR count). The first-order valence-corrected chi connectivity index (χ1v) is 6.41. The number of hydrogen-bond donors (Lipinski definition) is 1. The van der Waals surface area contributed by atoms with Crippen molar-refractivity contribution in [3.63, 3.8) is 0 Å². The maximum Gasteiger partial charge on any atom is 0.308 e. The molecule has 0 saturated carbocycles. The third-order valence-electron chi connectivity index (χ3n) is 2.60. The Bertz CT molecular complexity index is 437. The van der Waals surface area contributed by atoms with Gasteiger partial charge in [0, 0.05) is 6.92 Å². The number of benzene rings is 1. The normalized spacial score (nSPS) is 12.1. The van der Waals surface area contributed by atoms with Crippen LogP contribution in [0, 0.1) is 6.92 Å². The Labute approximate surface area is 114 Å². The van der Waals surface area contributed by atoms with Crippen LogP contribution in [0.15, 0.2) is 24.3 Å². The first-order chi connectivity index (χ1) is 8.88. The lowest BCUT2D eigenvalue weighted by Crippen LogP contribution is -2.29. The lowest BCUT2D eigenvalue weighted by molar-refractivity contribution is -0.148. The average Bonchev–Trinajstić information content (AvgIpc) is 2.27. The summed E-state index contributed by atoms with van der Waals surface area (Å²) in [5.74, 6) is -0.475. The van der Waals surface area contributed by atoms with Crippen LogP contribution in [0.4, 0.5) is 0 Å². The highest BCUT2D eigenvalue weighted by atomic mass is 16.5. The molecule has 0 aliphatic carbocycles. The van der Waals surface area contributed by atoms with Crippen molar-refractivity contribution in [3.05, 3.63) is 35.4 Å². The van der Waals surface area contributed by atoms with Gasteiger partial charge >= 0.3 is 5.97 Å². The number of carbonyl (C=O) groups is 2. The number of ether oxygens (including phenoxy) is 1. The van der Waals surface area contributed by atoms with E-state index in [0.29, 0.717) is 0 Å². The van der Waals surface area contributed by atoms with Crippen LogP contribution in [0.25, 0.3) is 0 Å². The van der Waals surface area contributed by atoms with E-state index in [1.807, 2.05) is 31.2 Å². The van der Waals surface area contributed by atoms with Gasteiger partial charge in [-0.1, -0.05) is 29.8 Å². The van der Waals surface area contributed by atoms with E-state index in [2.05, 4.69) is 5.32 Å². The van der Waals surface area contributed by atoms with E-state index < -0.39 is 0 Å². The molecule has 1 aromatic carbocycles. The molecule has 19 heavy (non-hydrogen) atoms. The number of carbonyl (C=O) groups excluding carboxylic acids is 2. The molecule has 0 heterocycles. The van der Waals surface area contributed by atoms with Crippen LogP contribution in [0.5, 0.6) is 0 Å². The van der Waals surface area contributed by atoms with Crippen molar-refractivity contribution >= 4 is 11.9 Å². The van der Waals surface area contributed by atoms with E-state index in [9.17, 15) is 9.59 Å². The highest BCUT2D eigenvalue weighted by molar-refractivity contribution is 5.76. The Hall–Kier alpha value is -1.84. The minimum absolute atomic E-state index is 0.140. The zero-order valence-corrected chi connectivity index (χ0v) is 11.9. The topological polar surface area (TPSA) is 55.4 Å². The maximum absolute atomic E-state index is 11.7. The highest BCUT2D eigenvalue weighted by Gasteiger charge is 2.18. The van der Waals surface area contributed by atoms with Gasteiger partial charge in [-0.25, -0.2) is 0 Å². The standard InChI is InChI=1S/C15H21NO3/c1-10(2)19-15(18)9-14(16-12(4)17)13-7-5-11(3)6-8-13/h5-8,10,14H,9H2,1-4H3,(H,16,17). The molecule has 1 aromatic rings. The minimum atomic E-state index is -0.343. The zero-order chi connectivity index (χ0) is 14.4. The summed E-state index contributed by atoms with van der Waals surface area (Å²) in [5.41, 5.74) is 2.04. The second-order valence-corrected chi connectivity index (χ2v) is 4.91. The van der Waals surface area contributed by atoms with Gasteiger partial charge in [0.1, 0.15) is 0 Å². The Morgan fingerprint density at radius 3 is 2.26 bits per heavy atom. The summed E-state index contributed by atoms with van der Waals surface area (Å²) >= 11 is 0. The fraction of sp³-hybridized carbons (Fsp3) is 0.467. The molecule has 0 fully saturated rings. The lowest BCUT2D eigenvalue weighted by atomic mass is 10.0. The van der Waals surface area contributed by atoms with Crippen molar-refractivity contribution in [2.75, 3.05) is 0 Å². The third kappa shape index (κ3) is 5.55. The van der Waals surface area contributed by atoms with E-state index in [1.54, 1.807) is 13.8 Å². The predicted octanol–water partition coefficient (Wildman–Crippen LogP) is 2.51. The molecular formula is C15H21NO3. The molecule has 0 radical (unpaired) electrons.